The number of hydrogen-bond acceptors (Lipinski definition) is 4. The minimum absolute atomic E-state index is 0.271. The second kappa shape index (κ2) is 7.13. The monoisotopic (exact) mass is 350 g/mol. The Balaban J connectivity index is 2.24. The van der Waals surface area contributed by atoms with Gasteiger partial charge in [0, 0.05) is 0 Å². The highest BCUT2D eigenvalue weighted by Gasteiger charge is 2.22. The zero-order valence-corrected chi connectivity index (χ0v) is 13.3. The molecular formula is C16H15BrO4. The lowest BCUT2D eigenvalue weighted by molar-refractivity contribution is -0.133. The summed E-state index contributed by atoms with van der Waals surface area (Å²) >= 11 is 3.35. The minimum Gasteiger partial charge on any atom is -0.493 e. The molecule has 0 saturated heterocycles. The number of carbonyl (C=O) groups is 1. The highest BCUT2D eigenvalue weighted by atomic mass is 79.9. The first-order chi connectivity index (χ1) is 10.2. The van der Waals surface area contributed by atoms with E-state index in [4.69, 9.17) is 14.2 Å². The van der Waals surface area contributed by atoms with E-state index in [2.05, 4.69) is 15.9 Å². The van der Waals surface area contributed by atoms with E-state index in [0.717, 1.165) is 5.56 Å². The lowest BCUT2D eigenvalue weighted by Crippen LogP contribution is -2.15. The standard InChI is InChI=1S/C16H15BrO4/c1-19-12-9-6-10-13(20-2)15(12)21-16(18)14(17)11-7-4-3-5-8-11/h3-10,14H,1-2H3. The number of methoxy groups -OCH3 is 2. The molecule has 2 rings (SSSR count). The van der Waals surface area contributed by atoms with Crippen molar-refractivity contribution in [2.75, 3.05) is 14.2 Å². The Hall–Kier alpha value is -2.01. The van der Waals surface area contributed by atoms with Crippen molar-refractivity contribution in [1.29, 1.82) is 0 Å². The fourth-order valence-corrected chi connectivity index (χ4v) is 2.23. The summed E-state index contributed by atoms with van der Waals surface area (Å²) in [7, 11) is 3.02. The topological polar surface area (TPSA) is 44.8 Å². The van der Waals surface area contributed by atoms with Crippen molar-refractivity contribution in [1.82, 2.24) is 0 Å². The van der Waals surface area contributed by atoms with Gasteiger partial charge in [-0.2, -0.15) is 0 Å². The lowest BCUT2D eigenvalue weighted by Gasteiger charge is -2.15. The molecule has 0 saturated carbocycles. The molecule has 2 aromatic carbocycles. The number of esters is 1. The summed E-state index contributed by atoms with van der Waals surface area (Å²) in [6, 6.07) is 14.5. The number of para-hydroxylation sites is 1. The van der Waals surface area contributed by atoms with Crippen molar-refractivity contribution in [3.8, 4) is 17.2 Å². The van der Waals surface area contributed by atoms with Crippen LogP contribution in [0.4, 0.5) is 0 Å². The van der Waals surface area contributed by atoms with E-state index in [0.29, 0.717) is 11.5 Å². The maximum atomic E-state index is 12.3. The van der Waals surface area contributed by atoms with Crippen molar-refractivity contribution in [3.05, 3.63) is 54.1 Å². The Labute approximate surface area is 131 Å². The number of hydrogen-bond donors (Lipinski definition) is 0. The molecule has 0 fully saturated rings. The van der Waals surface area contributed by atoms with Gasteiger partial charge in [0.05, 0.1) is 14.2 Å². The number of rotatable bonds is 5. The Kier molecular flexibility index (Phi) is 5.22. The number of benzene rings is 2. The highest BCUT2D eigenvalue weighted by molar-refractivity contribution is 9.09. The van der Waals surface area contributed by atoms with E-state index in [9.17, 15) is 4.79 Å². The van der Waals surface area contributed by atoms with Crippen LogP contribution in [-0.4, -0.2) is 20.2 Å². The summed E-state index contributed by atoms with van der Waals surface area (Å²) in [6.45, 7) is 0. The van der Waals surface area contributed by atoms with Crippen molar-refractivity contribution < 1.29 is 19.0 Å². The Morgan fingerprint density at radius 3 is 2.05 bits per heavy atom. The first kappa shape index (κ1) is 15.4. The molecule has 0 N–H and O–H groups in total. The number of halogens is 1. The van der Waals surface area contributed by atoms with E-state index in [1.54, 1.807) is 18.2 Å². The summed E-state index contributed by atoms with van der Waals surface area (Å²) < 4.78 is 15.8. The van der Waals surface area contributed by atoms with Crippen LogP contribution in [0.15, 0.2) is 48.5 Å². The van der Waals surface area contributed by atoms with Crippen LogP contribution in [0.25, 0.3) is 0 Å². The van der Waals surface area contributed by atoms with Gasteiger partial charge < -0.3 is 14.2 Å². The van der Waals surface area contributed by atoms with Crippen LogP contribution < -0.4 is 14.2 Å². The zero-order valence-electron chi connectivity index (χ0n) is 11.7. The van der Waals surface area contributed by atoms with Crippen molar-refractivity contribution in [2.24, 2.45) is 0 Å². The fraction of sp³-hybridized carbons (Fsp3) is 0.188. The molecule has 5 heteroatoms. The molecule has 0 radical (unpaired) electrons. The van der Waals surface area contributed by atoms with Crippen LogP contribution >= 0.6 is 15.9 Å². The Morgan fingerprint density at radius 1 is 0.952 bits per heavy atom. The maximum Gasteiger partial charge on any atom is 0.329 e. The van der Waals surface area contributed by atoms with Crippen LogP contribution in [0.5, 0.6) is 17.2 Å². The van der Waals surface area contributed by atoms with Gasteiger partial charge in [0.1, 0.15) is 4.83 Å². The average Bonchev–Trinajstić information content (AvgIpc) is 2.55. The van der Waals surface area contributed by atoms with Gasteiger partial charge in [-0.05, 0) is 17.7 Å². The normalized spacial score (nSPS) is 11.6. The molecule has 2 aromatic rings. The molecule has 0 aliphatic rings. The van der Waals surface area contributed by atoms with Crippen molar-refractivity contribution >= 4 is 21.9 Å². The first-order valence-electron chi connectivity index (χ1n) is 6.29. The minimum atomic E-state index is -0.562. The van der Waals surface area contributed by atoms with E-state index < -0.39 is 10.8 Å². The van der Waals surface area contributed by atoms with Gasteiger partial charge in [0.25, 0.3) is 0 Å². The van der Waals surface area contributed by atoms with Crippen LogP contribution in [0.1, 0.15) is 10.4 Å². The molecule has 110 valence electrons. The van der Waals surface area contributed by atoms with Crippen molar-refractivity contribution in [3.63, 3.8) is 0 Å². The lowest BCUT2D eigenvalue weighted by atomic mass is 10.1. The average molecular weight is 351 g/mol. The second-order valence-electron chi connectivity index (χ2n) is 4.19. The molecular weight excluding hydrogens is 336 g/mol. The van der Waals surface area contributed by atoms with Gasteiger partial charge in [-0.25, -0.2) is 0 Å². The van der Waals surface area contributed by atoms with Gasteiger partial charge in [-0.15, -0.1) is 0 Å². The molecule has 1 unspecified atom stereocenters. The SMILES string of the molecule is COc1cccc(OC)c1OC(=O)C(Br)c1ccccc1. The molecule has 1 atom stereocenters. The molecule has 21 heavy (non-hydrogen) atoms. The van der Waals surface area contributed by atoms with Gasteiger partial charge in [-0.3, -0.25) is 4.79 Å². The molecule has 0 aliphatic carbocycles. The third kappa shape index (κ3) is 3.55. The molecule has 0 bridgehead atoms. The largest absolute Gasteiger partial charge is 0.493 e. The zero-order chi connectivity index (χ0) is 15.2. The molecule has 0 aromatic heterocycles. The Bertz CT molecular complexity index is 591. The molecule has 0 heterocycles. The summed E-state index contributed by atoms with van der Waals surface area (Å²) in [5.74, 6) is 0.711. The fourth-order valence-electron chi connectivity index (χ4n) is 1.83. The number of alkyl halides is 1. The summed E-state index contributed by atoms with van der Waals surface area (Å²) in [5.41, 5.74) is 0.816. The predicted molar refractivity (Wildman–Crippen MR) is 83.3 cm³/mol. The molecule has 0 amide bonds. The molecule has 4 nitrogen and oxygen atoms in total. The van der Waals surface area contributed by atoms with Crippen LogP contribution in [0.3, 0.4) is 0 Å². The third-order valence-electron chi connectivity index (χ3n) is 2.88. The van der Waals surface area contributed by atoms with Gasteiger partial charge in [-0.1, -0.05) is 52.3 Å². The van der Waals surface area contributed by atoms with Gasteiger partial charge in [0.15, 0.2) is 11.5 Å². The quantitative estimate of drug-likeness (QED) is 0.468. The van der Waals surface area contributed by atoms with Crippen LogP contribution in [-0.2, 0) is 4.79 Å². The van der Waals surface area contributed by atoms with Gasteiger partial charge >= 0.3 is 5.97 Å². The number of carbonyl (C=O) groups excluding carboxylic acids is 1. The van der Waals surface area contributed by atoms with E-state index >= 15 is 0 Å². The molecule has 0 aliphatic heterocycles. The van der Waals surface area contributed by atoms with Crippen LogP contribution in [0.2, 0.25) is 0 Å². The maximum absolute atomic E-state index is 12.3. The predicted octanol–water partition coefficient (Wildman–Crippen LogP) is 3.75. The summed E-state index contributed by atoms with van der Waals surface area (Å²) in [5, 5.41) is 0. The number of ether oxygens (including phenoxy) is 3. The first-order valence-corrected chi connectivity index (χ1v) is 7.20. The summed E-state index contributed by atoms with van der Waals surface area (Å²) in [4.78, 5) is 11.7. The third-order valence-corrected chi connectivity index (χ3v) is 3.79. The Morgan fingerprint density at radius 2 is 1.52 bits per heavy atom. The van der Waals surface area contributed by atoms with Crippen molar-refractivity contribution in [2.45, 2.75) is 4.83 Å². The highest BCUT2D eigenvalue weighted by Crippen LogP contribution is 2.38. The van der Waals surface area contributed by atoms with Gasteiger partial charge in [0.2, 0.25) is 5.75 Å². The van der Waals surface area contributed by atoms with E-state index in [1.807, 2.05) is 30.3 Å². The summed E-state index contributed by atoms with van der Waals surface area (Å²) in [6.07, 6.45) is 0. The van der Waals surface area contributed by atoms with E-state index in [1.165, 1.54) is 14.2 Å². The molecule has 0 spiro atoms. The van der Waals surface area contributed by atoms with Crippen LogP contribution in [0, 0.1) is 0 Å². The van der Waals surface area contributed by atoms with E-state index in [-0.39, 0.29) is 5.75 Å². The second-order valence-corrected chi connectivity index (χ2v) is 5.10. The smallest absolute Gasteiger partial charge is 0.329 e.